The van der Waals surface area contributed by atoms with Crippen LogP contribution in [-0.4, -0.2) is 32.0 Å². The number of furan rings is 1. The van der Waals surface area contributed by atoms with Gasteiger partial charge in [-0.15, -0.1) is 0 Å². The lowest BCUT2D eigenvalue weighted by Gasteiger charge is -2.12. The molecule has 1 heterocycles. The topological polar surface area (TPSA) is 75.8 Å². The highest BCUT2D eigenvalue weighted by atomic mass is 19.2. The zero-order chi connectivity index (χ0) is 19.3. The first kappa shape index (κ1) is 19.5. The molecule has 26 heavy (non-hydrogen) atoms. The molecule has 9 heteroatoms. The molecule has 0 aliphatic carbocycles. The number of aryl methyl sites for hydroxylation is 1. The Morgan fingerprint density at radius 2 is 1.81 bits per heavy atom. The molecule has 0 aliphatic heterocycles. The number of quaternary nitrogens is 1. The molecule has 1 aromatic carbocycles. The van der Waals surface area contributed by atoms with E-state index in [-0.39, 0.29) is 6.54 Å². The first-order valence-corrected chi connectivity index (χ1v) is 7.83. The lowest BCUT2D eigenvalue weighted by molar-refractivity contribution is -0.886. The zero-order valence-electron chi connectivity index (χ0n) is 14.3. The lowest BCUT2D eigenvalue weighted by atomic mass is 10.2. The molecule has 2 aromatic rings. The minimum Gasteiger partial charge on any atom is -0.460 e. The molecular formula is C17H19F3N3O3+. The first-order valence-electron chi connectivity index (χ1n) is 7.83. The fourth-order valence-electron chi connectivity index (χ4n) is 2.27. The van der Waals surface area contributed by atoms with Gasteiger partial charge in [-0.3, -0.25) is 9.59 Å². The van der Waals surface area contributed by atoms with Gasteiger partial charge >= 0.3 is 0 Å². The molecule has 0 radical (unpaired) electrons. The minimum absolute atomic E-state index is 0.0898. The molecule has 140 valence electrons. The molecule has 0 spiro atoms. The SMILES string of the molecule is Cc1ccc(C[NH+](C)CC(=O)NCC(=O)Nc2ccc(F)c(F)c2F)o1. The number of likely N-dealkylation sites (N-methyl/N-ethyl adjacent to an activating group) is 1. The van der Waals surface area contributed by atoms with Gasteiger partial charge < -0.3 is 20.0 Å². The zero-order valence-corrected chi connectivity index (χ0v) is 14.3. The molecule has 1 unspecified atom stereocenters. The Labute approximate surface area is 148 Å². The summed E-state index contributed by atoms with van der Waals surface area (Å²) in [6, 6.07) is 5.24. The number of hydrogen-bond donors (Lipinski definition) is 3. The molecular weight excluding hydrogens is 351 g/mol. The van der Waals surface area contributed by atoms with E-state index in [2.05, 4.69) is 10.6 Å². The van der Waals surface area contributed by atoms with Crippen LogP contribution >= 0.6 is 0 Å². The standard InChI is InChI=1S/C17H18F3N3O3/c1-10-3-4-11(26-10)8-23(2)9-15(25)21-7-14(24)22-13-6-5-12(18)16(19)17(13)20/h3-6H,7-9H2,1-2H3,(H,21,25)(H,22,24)/p+1. The smallest absolute Gasteiger partial charge is 0.275 e. The Morgan fingerprint density at radius 1 is 1.08 bits per heavy atom. The molecule has 0 saturated heterocycles. The van der Waals surface area contributed by atoms with Gasteiger partial charge in [0, 0.05) is 0 Å². The lowest BCUT2D eigenvalue weighted by Crippen LogP contribution is -3.08. The molecule has 0 aliphatic rings. The van der Waals surface area contributed by atoms with E-state index >= 15 is 0 Å². The molecule has 2 rings (SSSR count). The van der Waals surface area contributed by atoms with Crippen LogP contribution in [0.15, 0.2) is 28.7 Å². The Morgan fingerprint density at radius 3 is 2.46 bits per heavy atom. The van der Waals surface area contributed by atoms with Gasteiger partial charge in [-0.1, -0.05) is 0 Å². The van der Waals surface area contributed by atoms with E-state index in [9.17, 15) is 22.8 Å². The monoisotopic (exact) mass is 370 g/mol. The van der Waals surface area contributed by atoms with Crippen molar-refractivity contribution in [3.05, 3.63) is 53.2 Å². The van der Waals surface area contributed by atoms with Gasteiger partial charge in [-0.2, -0.15) is 0 Å². The molecule has 1 atom stereocenters. The van der Waals surface area contributed by atoms with Crippen LogP contribution in [0.25, 0.3) is 0 Å². The van der Waals surface area contributed by atoms with E-state index in [1.807, 2.05) is 19.1 Å². The molecule has 6 nitrogen and oxygen atoms in total. The highest BCUT2D eigenvalue weighted by Crippen LogP contribution is 2.19. The van der Waals surface area contributed by atoms with Crippen molar-refractivity contribution in [3.8, 4) is 0 Å². The molecule has 0 bridgehead atoms. The van der Waals surface area contributed by atoms with Crippen molar-refractivity contribution in [1.29, 1.82) is 0 Å². The number of carbonyl (C=O) groups is 2. The highest BCUT2D eigenvalue weighted by molar-refractivity contribution is 5.94. The molecule has 2 amide bonds. The van der Waals surface area contributed by atoms with Crippen LogP contribution in [-0.2, 0) is 16.1 Å². The molecule has 1 aromatic heterocycles. The summed E-state index contributed by atoms with van der Waals surface area (Å²) in [6.07, 6.45) is 0. The Kier molecular flexibility index (Phi) is 6.40. The number of anilines is 1. The number of benzene rings is 1. The maximum absolute atomic E-state index is 13.5. The van der Waals surface area contributed by atoms with Crippen molar-refractivity contribution in [2.24, 2.45) is 0 Å². The number of halogens is 3. The fourth-order valence-corrected chi connectivity index (χ4v) is 2.27. The Balaban J connectivity index is 1.78. The van der Waals surface area contributed by atoms with Crippen molar-refractivity contribution in [2.75, 3.05) is 25.5 Å². The predicted molar refractivity (Wildman–Crippen MR) is 86.9 cm³/mol. The number of nitrogens with one attached hydrogen (secondary N) is 3. The summed E-state index contributed by atoms with van der Waals surface area (Å²) >= 11 is 0. The van der Waals surface area contributed by atoms with Gasteiger partial charge in [0.1, 0.15) is 12.3 Å². The van der Waals surface area contributed by atoms with Crippen LogP contribution < -0.4 is 15.5 Å². The van der Waals surface area contributed by atoms with E-state index in [0.29, 0.717) is 12.6 Å². The van der Waals surface area contributed by atoms with Crippen LogP contribution in [0.1, 0.15) is 11.5 Å². The van der Waals surface area contributed by atoms with Crippen molar-refractivity contribution in [1.82, 2.24) is 5.32 Å². The minimum atomic E-state index is -1.68. The summed E-state index contributed by atoms with van der Waals surface area (Å²) in [4.78, 5) is 24.4. The quantitative estimate of drug-likeness (QED) is 0.631. The summed E-state index contributed by atoms with van der Waals surface area (Å²) in [6.45, 7) is 1.98. The third-order valence-electron chi connectivity index (χ3n) is 3.49. The van der Waals surface area contributed by atoms with Crippen LogP contribution in [0, 0.1) is 24.4 Å². The van der Waals surface area contributed by atoms with Gasteiger partial charge in [0.15, 0.2) is 29.8 Å². The maximum Gasteiger partial charge on any atom is 0.275 e. The van der Waals surface area contributed by atoms with E-state index in [1.165, 1.54) is 0 Å². The van der Waals surface area contributed by atoms with Crippen LogP contribution in [0.2, 0.25) is 0 Å². The second-order valence-corrected chi connectivity index (χ2v) is 5.87. The van der Waals surface area contributed by atoms with Crippen LogP contribution in [0.5, 0.6) is 0 Å². The third-order valence-corrected chi connectivity index (χ3v) is 3.49. The largest absolute Gasteiger partial charge is 0.460 e. The predicted octanol–water partition coefficient (Wildman–Crippen LogP) is 0.775. The summed E-state index contributed by atoms with van der Waals surface area (Å²) in [5.74, 6) is -4.17. The van der Waals surface area contributed by atoms with Gasteiger partial charge in [-0.25, -0.2) is 13.2 Å². The van der Waals surface area contributed by atoms with Crippen LogP contribution in [0.3, 0.4) is 0 Å². The van der Waals surface area contributed by atoms with Gasteiger partial charge in [0.25, 0.3) is 5.91 Å². The van der Waals surface area contributed by atoms with Crippen molar-refractivity contribution >= 4 is 17.5 Å². The summed E-state index contributed by atoms with van der Waals surface area (Å²) in [7, 11) is 1.79. The van der Waals surface area contributed by atoms with E-state index < -0.39 is 41.5 Å². The van der Waals surface area contributed by atoms with Crippen molar-refractivity contribution in [2.45, 2.75) is 13.5 Å². The number of amides is 2. The van der Waals surface area contributed by atoms with Crippen molar-refractivity contribution in [3.63, 3.8) is 0 Å². The molecule has 3 N–H and O–H groups in total. The summed E-state index contributed by atoms with van der Waals surface area (Å²) in [5.41, 5.74) is -0.501. The number of rotatable bonds is 7. The summed E-state index contributed by atoms with van der Waals surface area (Å²) < 4.78 is 44.8. The van der Waals surface area contributed by atoms with E-state index in [1.54, 1.807) is 7.05 Å². The maximum atomic E-state index is 13.5. The Hall–Kier alpha value is -2.81. The van der Waals surface area contributed by atoms with Gasteiger partial charge in [0.05, 0.1) is 19.3 Å². The van der Waals surface area contributed by atoms with Crippen LogP contribution in [0.4, 0.5) is 18.9 Å². The average Bonchev–Trinajstić information content (AvgIpc) is 2.98. The summed E-state index contributed by atoms with van der Waals surface area (Å²) in [5, 5.41) is 4.45. The second-order valence-electron chi connectivity index (χ2n) is 5.87. The highest BCUT2D eigenvalue weighted by Gasteiger charge is 2.17. The number of carbonyl (C=O) groups excluding carboxylic acids is 2. The van der Waals surface area contributed by atoms with Gasteiger partial charge in [0.2, 0.25) is 5.91 Å². The third kappa shape index (κ3) is 5.35. The number of hydrogen-bond acceptors (Lipinski definition) is 3. The van der Waals surface area contributed by atoms with E-state index in [0.717, 1.165) is 22.5 Å². The normalized spacial score (nSPS) is 11.9. The van der Waals surface area contributed by atoms with Gasteiger partial charge in [-0.05, 0) is 31.2 Å². The van der Waals surface area contributed by atoms with E-state index in [4.69, 9.17) is 4.42 Å². The first-order chi connectivity index (χ1) is 12.3. The van der Waals surface area contributed by atoms with Crippen molar-refractivity contribution < 1.29 is 32.1 Å². The second kappa shape index (κ2) is 8.52. The average molecular weight is 370 g/mol. The fraction of sp³-hybridized carbons (Fsp3) is 0.294. The molecule has 0 fully saturated rings. The molecule has 0 saturated carbocycles. The Bertz CT molecular complexity index is 808.